The molecular weight excluding hydrogens is 672 g/mol. The maximum atomic E-state index is 14.2. The van der Waals surface area contributed by atoms with Crippen LogP contribution >= 0.6 is 0 Å². The topological polar surface area (TPSA) is 98.8 Å². The lowest BCUT2D eigenvalue weighted by Crippen LogP contribution is -2.11. The van der Waals surface area contributed by atoms with E-state index >= 15 is 0 Å². The molecule has 6 aromatic rings. The molecule has 1 aliphatic rings. The molecule has 0 unspecified atom stereocenters. The number of carbonyl (C=O) groups is 2. The zero-order valence-corrected chi connectivity index (χ0v) is 29.8. The minimum atomic E-state index is -0.629. The number of hydrogen-bond acceptors (Lipinski definition) is 9. The van der Waals surface area contributed by atoms with E-state index in [-0.39, 0.29) is 17.9 Å². The summed E-state index contributed by atoms with van der Waals surface area (Å²) in [5.41, 5.74) is 6.52. The molecule has 7 rings (SSSR count). The summed E-state index contributed by atoms with van der Waals surface area (Å²) in [4.78, 5) is 27.5. The van der Waals surface area contributed by atoms with Crippen molar-refractivity contribution in [2.45, 2.75) is 0 Å². The van der Waals surface area contributed by atoms with Crippen molar-refractivity contribution in [3.8, 4) is 84.4 Å². The van der Waals surface area contributed by atoms with Gasteiger partial charge in [0.25, 0.3) is 0 Å². The number of esters is 2. The van der Waals surface area contributed by atoms with E-state index in [1.165, 1.54) is 14.2 Å². The number of fused-ring (bicyclic) bond motifs is 1. The van der Waals surface area contributed by atoms with Crippen molar-refractivity contribution in [2.24, 2.45) is 0 Å². The van der Waals surface area contributed by atoms with Gasteiger partial charge in [-0.2, -0.15) is 0 Å². The number of ether oxygens (including phenoxy) is 7. The number of benzene rings is 6. The molecule has 0 aliphatic carbocycles. The molecule has 0 atom stereocenters. The highest BCUT2D eigenvalue weighted by molar-refractivity contribution is 6.13. The van der Waals surface area contributed by atoms with Gasteiger partial charge in [0, 0.05) is 39.4 Å². The van der Waals surface area contributed by atoms with Gasteiger partial charge in [0.15, 0.2) is 11.5 Å². The first kappa shape index (κ1) is 34.7. The Hall–Kier alpha value is -6.74. The van der Waals surface area contributed by atoms with Crippen LogP contribution in [-0.2, 0) is 9.47 Å². The largest absolute Gasteiger partial charge is 0.497 e. The van der Waals surface area contributed by atoms with Gasteiger partial charge in [0.05, 0.1) is 46.7 Å². The summed E-state index contributed by atoms with van der Waals surface area (Å²) in [6.45, 7) is 0.102. The first-order chi connectivity index (χ1) is 25.9. The van der Waals surface area contributed by atoms with Crippen LogP contribution in [0.4, 0.5) is 0 Å². The molecule has 9 nitrogen and oxygen atoms in total. The molecule has 265 valence electrons. The highest BCUT2D eigenvalue weighted by Gasteiger charge is 2.31. The standard InChI is InChI=1S/C44H35O9/c1-47-28-21-19-26(20-22-28)39-38(27-11-8-12-29(23-27)48-2)36(24-35(40(39)44(46)51-5)30-13-6-7-14-34(30)43(45)50-4)33-16-9-15-31(41(33)49-3)32-17-10-18-37-42(32)53-25-52-37/h6-23H,25H2,1-5H3. The Kier molecular flexibility index (Phi) is 9.72. The van der Waals surface area contributed by atoms with Crippen LogP contribution in [0, 0.1) is 6.07 Å². The van der Waals surface area contributed by atoms with E-state index in [4.69, 9.17) is 33.2 Å². The third-order valence-electron chi connectivity index (χ3n) is 9.15. The van der Waals surface area contributed by atoms with Crippen LogP contribution in [0.15, 0.2) is 109 Å². The van der Waals surface area contributed by atoms with Crippen molar-refractivity contribution in [3.63, 3.8) is 0 Å². The first-order valence-corrected chi connectivity index (χ1v) is 16.7. The molecule has 9 heteroatoms. The van der Waals surface area contributed by atoms with Crippen molar-refractivity contribution < 1.29 is 42.7 Å². The second-order valence-corrected chi connectivity index (χ2v) is 11.9. The Bertz CT molecular complexity index is 2340. The minimum Gasteiger partial charge on any atom is -0.497 e. The van der Waals surface area contributed by atoms with Crippen LogP contribution in [0.1, 0.15) is 20.7 Å². The van der Waals surface area contributed by atoms with E-state index in [1.807, 2.05) is 84.9 Å². The number of hydrogen-bond donors (Lipinski definition) is 0. The molecule has 53 heavy (non-hydrogen) atoms. The van der Waals surface area contributed by atoms with Gasteiger partial charge < -0.3 is 33.2 Å². The number of rotatable bonds is 10. The zero-order valence-electron chi connectivity index (χ0n) is 29.8. The van der Waals surface area contributed by atoms with Crippen LogP contribution in [0.5, 0.6) is 28.7 Å². The average molecular weight is 708 g/mol. The predicted molar refractivity (Wildman–Crippen MR) is 201 cm³/mol. The minimum absolute atomic E-state index is 0.102. The molecular formula is C44H35O9. The highest BCUT2D eigenvalue weighted by atomic mass is 16.7. The lowest BCUT2D eigenvalue weighted by Gasteiger charge is -2.24. The van der Waals surface area contributed by atoms with Gasteiger partial charge in [-0.25, -0.2) is 9.59 Å². The Balaban J connectivity index is 1.68. The fraction of sp³-hybridized carbons (Fsp3) is 0.136. The molecule has 0 aromatic heterocycles. The van der Waals surface area contributed by atoms with Gasteiger partial charge in [-0.05, 0) is 58.7 Å². The van der Waals surface area contributed by atoms with Gasteiger partial charge >= 0.3 is 11.9 Å². The number of methoxy groups -OCH3 is 5. The Morgan fingerprint density at radius 1 is 0.566 bits per heavy atom. The molecule has 1 aliphatic heterocycles. The van der Waals surface area contributed by atoms with Crippen LogP contribution < -0.4 is 23.7 Å². The van der Waals surface area contributed by atoms with Crippen LogP contribution in [0.2, 0.25) is 0 Å². The van der Waals surface area contributed by atoms with Crippen molar-refractivity contribution in [2.75, 3.05) is 42.3 Å². The zero-order chi connectivity index (χ0) is 37.1. The molecule has 0 spiro atoms. The van der Waals surface area contributed by atoms with Crippen molar-refractivity contribution in [3.05, 3.63) is 126 Å². The molecule has 0 N–H and O–H groups in total. The Morgan fingerprint density at radius 2 is 1.25 bits per heavy atom. The first-order valence-electron chi connectivity index (χ1n) is 16.7. The van der Waals surface area contributed by atoms with Gasteiger partial charge in [0.2, 0.25) is 6.79 Å². The third-order valence-corrected chi connectivity index (χ3v) is 9.15. The predicted octanol–water partition coefficient (Wildman–Crippen LogP) is 9.15. The van der Waals surface area contributed by atoms with Crippen LogP contribution in [0.25, 0.3) is 55.6 Å². The highest BCUT2D eigenvalue weighted by Crippen LogP contribution is 2.52. The molecule has 0 bridgehead atoms. The molecule has 0 saturated carbocycles. The lowest BCUT2D eigenvalue weighted by molar-refractivity contribution is 0.0590. The Labute approximate surface area is 307 Å². The van der Waals surface area contributed by atoms with Crippen molar-refractivity contribution in [1.29, 1.82) is 0 Å². The molecule has 0 amide bonds. The van der Waals surface area contributed by atoms with Crippen LogP contribution in [0.3, 0.4) is 0 Å². The quantitative estimate of drug-likeness (QED) is 0.129. The molecule has 6 aromatic carbocycles. The normalized spacial score (nSPS) is 11.5. The van der Waals surface area contributed by atoms with E-state index in [9.17, 15) is 9.59 Å². The SMILES string of the molecule is COC(=O)c1ccccc1-c1[c]c(-c2cccc(-c3cccc4c3OCO4)c2OC)c(-c2cccc(OC)c2)c(-c2ccc(OC)cc2)c1C(=O)OC. The fourth-order valence-electron chi connectivity index (χ4n) is 6.75. The second kappa shape index (κ2) is 14.9. The second-order valence-electron chi connectivity index (χ2n) is 11.9. The smallest absolute Gasteiger partial charge is 0.339 e. The van der Waals surface area contributed by atoms with Crippen molar-refractivity contribution >= 4 is 11.9 Å². The monoisotopic (exact) mass is 707 g/mol. The van der Waals surface area contributed by atoms with Crippen molar-refractivity contribution in [1.82, 2.24) is 0 Å². The summed E-state index contributed by atoms with van der Waals surface area (Å²) in [6, 6.07) is 37.0. The molecule has 1 heterocycles. The molecule has 0 saturated heterocycles. The van der Waals surface area contributed by atoms with E-state index < -0.39 is 11.9 Å². The summed E-state index contributed by atoms with van der Waals surface area (Å²) in [5.74, 6) is 1.79. The lowest BCUT2D eigenvalue weighted by atomic mass is 9.79. The third kappa shape index (κ3) is 6.27. The van der Waals surface area contributed by atoms with E-state index in [0.29, 0.717) is 67.7 Å². The molecule has 0 fully saturated rings. The van der Waals surface area contributed by atoms with Gasteiger partial charge in [0.1, 0.15) is 17.2 Å². The molecule has 1 radical (unpaired) electrons. The Morgan fingerprint density at radius 3 is 1.98 bits per heavy atom. The summed E-state index contributed by atoms with van der Waals surface area (Å²) < 4.78 is 39.8. The number of carbonyl (C=O) groups excluding carboxylic acids is 2. The van der Waals surface area contributed by atoms with Crippen LogP contribution in [-0.4, -0.2) is 54.3 Å². The summed E-state index contributed by atoms with van der Waals surface area (Å²) in [5, 5.41) is 0. The van der Waals surface area contributed by atoms with Gasteiger partial charge in [-0.15, -0.1) is 0 Å². The summed E-state index contributed by atoms with van der Waals surface area (Å²) >= 11 is 0. The maximum Gasteiger partial charge on any atom is 0.339 e. The van der Waals surface area contributed by atoms with E-state index in [2.05, 4.69) is 6.07 Å². The fourth-order valence-corrected chi connectivity index (χ4v) is 6.75. The van der Waals surface area contributed by atoms with Gasteiger partial charge in [-0.3, -0.25) is 0 Å². The average Bonchev–Trinajstić information content (AvgIpc) is 3.71. The maximum absolute atomic E-state index is 14.2. The number of para-hydroxylation sites is 2. The van der Waals surface area contributed by atoms with E-state index in [0.717, 1.165) is 16.7 Å². The van der Waals surface area contributed by atoms with E-state index in [1.54, 1.807) is 45.6 Å². The summed E-state index contributed by atoms with van der Waals surface area (Å²) in [7, 11) is 7.43. The van der Waals surface area contributed by atoms with Gasteiger partial charge in [-0.1, -0.05) is 72.8 Å². The summed E-state index contributed by atoms with van der Waals surface area (Å²) in [6.07, 6.45) is 0.